The van der Waals surface area contributed by atoms with Gasteiger partial charge in [0.1, 0.15) is 0 Å². The van der Waals surface area contributed by atoms with E-state index >= 15 is 0 Å². The van der Waals surface area contributed by atoms with E-state index in [1.54, 1.807) is 6.92 Å². The average Bonchev–Trinajstić information content (AvgIpc) is 2.68. The van der Waals surface area contributed by atoms with Crippen molar-refractivity contribution in [3.05, 3.63) is 35.9 Å². The molecule has 1 aromatic carbocycles. The Labute approximate surface area is 111 Å². The topological polar surface area (TPSA) is 29.3 Å². The summed E-state index contributed by atoms with van der Waals surface area (Å²) in [6.07, 6.45) is -4.18. The number of nitrogens with two attached hydrogens (primary N) is 1. The van der Waals surface area contributed by atoms with E-state index in [-0.39, 0.29) is 13.1 Å². The lowest BCUT2D eigenvalue weighted by atomic mass is 9.79. The minimum atomic E-state index is -4.18. The standard InChI is InChI=1S/C14H19F3N2/c1-13(9-18)10-19(8-12(13)14(15,16)17)7-11-5-3-2-4-6-11/h2-6,12H,7-10,18H2,1H3. The summed E-state index contributed by atoms with van der Waals surface area (Å²) in [4.78, 5) is 1.85. The molecule has 0 aromatic heterocycles. The van der Waals surface area contributed by atoms with Crippen LogP contribution in [0.15, 0.2) is 30.3 Å². The van der Waals surface area contributed by atoms with Crippen molar-refractivity contribution in [3.63, 3.8) is 0 Å². The van der Waals surface area contributed by atoms with Gasteiger partial charge in [0.05, 0.1) is 5.92 Å². The third kappa shape index (κ3) is 3.09. The number of hydrogen-bond acceptors (Lipinski definition) is 2. The Morgan fingerprint density at radius 2 is 1.95 bits per heavy atom. The SMILES string of the molecule is CC1(CN)CN(Cc2ccccc2)CC1C(F)(F)F. The number of nitrogens with zero attached hydrogens (tertiary/aromatic N) is 1. The molecule has 2 N–H and O–H groups in total. The second-order valence-electron chi connectivity index (χ2n) is 5.61. The normalized spacial score (nSPS) is 28.8. The monoisotopic (exact) mass is 272 g/mol. The van der Waals surface area contributed by atoms with Crippen LogP contribution in [0.3, 0.4) is 0 Å². The third-order valence-corrected chi connectivity index (χ3v) is 3.98. The maximum Gasteiger partial charge on any atom is 0.393 e. The van der Waals surface area contributed by atoms with Gasteiger partial charge in [0.15, 0.2) is 0 Å². The van der Waals surface area contributed by atoms with Crippen LogP contribution in [0.2, 0.25) is 0 Å². The van der Waals surface area contributed by atoms with Gasteiger partial charge in [-0.15, -0.1) is 0 Å². The zero-order valence-corrected chi connectivity index (χ0v) is 11.0. The minimum Gasteiger partial charge on any atom is -0.330 e. The molecular formula is C14H19F3N2. The largest absolute Gasteiger partial charge is 0.393 e. The van der Waals surface area contributed by atoms with Crippen molar-refractivity contribution in [2.75, 3.05) is 19.6 Å². The van der Waals surface area contributed by atoms with Crippen molar-refractivity contribution in [2.24, 2.45) is 17.1 Å². The molecule has 1 fully saturated rings. The van der Waals surface area contributed by atoms with E-state index in [4.69, 9.17) is 5.73 Å². The molecule has 2 rings (SSSR count). The van der Waals surface area contributed by atoms with Crippen LogP contribution in [-0.4, -0.2) is 30.7 Å². The van der Waals surface area contributed by atoms with Crippen LogP contribution in [0, 0.1) is 11.3 Å². The summed E-state index contributed by atoms with van der Waals surface area (Å²) in [5.74, 6) is -1.34. The van der Waals surface area contributed by atoms with Crippen molar-refractivity contribution in [1.82, 2.24) is 4.90 Å². The van der Waals surface area contributed by atoms with E-state index in [9.17, 15) is 13.2 Å². The zero-order chi connectivity index (χ0) is 14.1. The maximum atomic E-state index is 13.1. The Balaban J connectivity index is 2.11. The quantitative estimate of drug-likeness (QED) is 0.916. The van der Waals surface area contributed by atoms with Crippen molar-refractivity contribution in [1.29, 1.82) is 0 Å². The lowest BCUT2D eigenvalue weighted by Gasteiger charge is -2.30. The molecule has 2 atom stereocenters. The number of rotatable bonds is 3. The summed E-state index contributed by atoms with van der Waals surface area (Å²) in [5.41, 5.74) is 5.73. The lowest BCUT2D eigenvalue weighted by Crippen LogP contribution is -2.42. The van der Waals surface area contributed by atoms with Gasteiger partial charge in [-0.25, -0.2) is 0 Å². The number of hydrogen-bond donors (Lipinski definition) is 1. The van der Waals surface area contributed by atoms with Gasteiger partial charge in [0, 0.05) is 25.0 Å². The summed E-state index contributed by atoms with van der Waals surface area (Å²) < 4.78 is 39.2. The first-order valence-corrected chi connectivity index (χ1v) is 6.38. The Morgan fingerprint density at radius 3 is 2.42 bits per heavy atom. The summed E-state index contributed by atoms with van der Waals surface area (Å²) in [7, 11) is 0. The molecule has 2 nitrogen and oxygen atoms in total. The molecule has 2 unspecified atom stereocenters. The summed E-state index contributed by atoms with van der Waals surface area (Å²) >= 11 is 0. The van der Waals surface area contributed by atoms with Gasteiger partial charge >= 0.3 is 6.18 Å². The molecule has 1 aliphatic rings. The first kappa shape index (κ1) is 14.3. The molecule has 1 saturated heterocycles. The molecular weight excluding hydrogens is 253 g/mol. The van der Waals surface area contributed by atoms with E-state index < -0.39 is 17.5 Å². The van der Waals surface area contributed by atoms with Gasteiger partial charge in [-0.1, -0.05) is 37.3 Å². The molecule has 1 aliphatic heterocycles. The van der Waals surface area contributed by atoms with Crippen LogP contribution in [0.25, 0.3) is 0 Å². The number of benzene rings is 1. The number of likely N-dealkylation sites (tertiary alicyclic amines) is 1. The van der Waals surface area contributed by atoms with Crippen LogP contribution >= 0.6 is 0 Å². The van der Waals surface area contributed by atoms with Crippen molar-refractivity contribution in [2.45, 2.75) is 19.6 Å². The Kier molecular flexibility index (Phi) is 3.87. The second kappa shape index (κ2) is 5.13. The van der Waals surface area contributed by atoms with E-state index in [1.165, 1.54) is 0 Å². The van der Waals surface area contributed by atoms with Crippen molar-refractivity contribution >= 4 is 0 Å². The Bertz CT molecular complexity index is 418. The van der Waals surface area contributed by atoms with Crippen molar-refractivity contribution in [3.8, 4) is 0 Å². The van der Waals surface area contributed by atoms with Gasteiger partial charge in [-0.3, -0.25) is 4.90 Å². The van der Waals surface area contributed by atoms with Gasteiger partial charge < -0.3 is 5.73 Å². The summed E-state index contributed by atoms with van der Waals surface area (Å²) in [6, 6.07) is 9.56. The highest BCUT2D eigenvalue weighted by atomic mass is 19.4. The summed E-state index contributed by atoms with van der Waals surface area (Å²) in [6.45, 7) is 2.66. The zero-order valence-electron chi connectivity index (χ0n) is 11.0. The smallest absolute Gasteiger partial charge is 0.330 e. The first-order chi connectivity index (χ1) is 8.85. The summed E-state index contributed by atoms with van der Waals surface area (Å²) in [5, 5.41) is 0. The molecule has 5 heteroatoms. The highest BCUT2D eigenvalue weighted by molar-refractivity contribution is 5.15. The highest BCUT2D eigenvalue weighted by Crippen LogP contribution is 2.45. The predicted molar refractivity (Wildman–Crippen MR) is 68.4 cm³/mol. The molecule has 0 bridgehead atoms. The molecule has 106 valence electrons. The Hall–Kier alpha value is -1.07. The molecule has 0 radical (unpaired) electrons. The number of alkyl halides is 3. The van der Waals surface area contributed by atoms with Gasteiger partial charge in [0.25, 0.3) is 0 Å². The minimum absolute atomic E-state index is 0.0338. The van der Waals surface area contributed by atoms with Crippen LogP contribution in [0.5, 0.6) is 0 Å². The molecule has 19 heavy (non-hydrogen) atoms. The van der Waals surface area contributed by atoms with Crippen LogP contribution in [0.4, 0.5) is 13.2 Å². The second-order valence-corrected chi connectivity index (χ2v) is 5.61. The van der Waals surface area contributed by atoms with Gasteiger partial charge in [-0.05, 0) is 12.1 Å². The molecule has 1 aromatic rings. The van der Waals surface area contributed by atoms with Crippen LogP contribution < -0.4 is 5.73 Å². The van der Waals surface area contributed by atoms with E-state index in [0.717, 1.165) is 5.56 Å². The predicted octanol–water partition coefficient (Wildman–Crippen LogP) is 2.65. The molecule has 0 amide bonds. The molecule has 1 heterocycles. The average molecular weight is 272 g/mol. The molecule has 0 aliphatic carbocycles. The fourth-order valence-electron chi connectivity index (χ4n) is 2.83. The van der Waals surface area contributed by atoms with Crippen LogP contribution in [-0.2, 0) is 6.54 Å². The fourth-order valence-corrected chi connectivity index (χ4v) is 2.83. The fraction of sp³-hybridized carbons (Fsp3) is 0.571. The number of halogens is 3. The van der Waals surface area contributed by atoms with E-state index in [2.05, 4.69) is 0 Å². The lowest BCUT2D eigenvalue weighted by molar-refractivity contribution is -0.192. The Morgan fingerprint density at radius 1 is 1.32 bits per heavy atom. The third-order valence-electron chi connectivity index (χ3n) is 3.98. The molecule has 0 spiro atoms. The first-order valence-electron chi connectivity index (χ1n) is 6.38. The van der Waals surface area contributed by atoms with E-state index in [0.29, 0.717) is 13.1 Å². The molecule has 0 saturated carbocycles. The van der Waals surface area contributed by atoms with Gasteiger partial charge in [-0.2, -0.15) is 13.2 Å². The highest BCUT2D eigenvalue weighted by Gasteiger charge is 2.55. The van der Waals surface area contributed by atoms with E-state index in [1.807, 2.05) is 35.2 Å². The maximum absolute atomic E-state index is 13.1. The van der Waals surface area contributed by atoms with Gasteiger partial charge in [0.2, 0.25) is 0 Å². The van der Waals surface area contributed by atoms with Crippen molar-refractivity contribution < 1.29 is 13.2 Å². The van der Waals surface area contributed by atoms with Crippen LogP contribution in [0.1, 0.15) is 12.5 Å².